The van der Waals surface area contributed by atoms with Gasteiger partial charge in [-0.1, -0.05) is 37.6 Å². The Balaban J connectivity index is 1.91. The summed E-state index contributed by atoms with van der Waals surface area (Å²) in [5, 5.41) is 16.4. The first-order valence-corrected chi connectivity index (χ1v) is 12.3. The zero-order valence-electron chi connectivity index (χ0n) is 21.1. The molecule has 0 bridgehead atoms. The zero-order valence-corrected chi connectivity index (χ0v) is 21.1. The second-order valence-corrected chi connectivity index (χ2v) is 10.4. The standard InChI is InChI=1S/C28H39N3O3/c1-6-31(23-13-15-28(5,34)16-14-23)25-12-9-21(27(3,4)17-18-32)19-24(25)30-26(33)29-22-10-7-20(2)8-11-22/h7-12,18-19,23,34H,6,13-17H2,1-5H3,(H2,29,30,33). The highest BCUT2D eigenvalue weighted by atomic mass is 16.3. The fourth-order valence-corrected chi connectivity index (χ4v) is 4.72. The Kier molecular flexibility index (Phi) is 8.03. The number of hydrogen-bond donors (Lipinski definition) is 3. The van der Waals surface area contributed by atoms with Crippen molar-refractivity contribution in [3.8, 4) is 0 Å². The Hall–Kier alpha value is -2.86. The topological polar surface area (TPSA) is 81.7 Å². The van der Waals surface area contributed by atoms with E-state index in [1.165, 1.54) is 0 Å². The molecule has 0 heterocycles. The van der Waals surface area contributed by atoms with E-state index in [1.807, 2.05) is 58.0 Å². The molecule has 2 amide bonds. The number of aldehydes is 1. The van der Waals surface area contributed by atoms with E-state index >= 15 is 0 Å². The summed E-state index contributed by atoms with van der Waals surface area (Å²) in [4.78, 5) is 26.5. The van der Waals surface area contributed by atoms with Crippen molar-refractivity contribution < 1.29 is 14.7 Å². The third kappa shape index (κ3) is 6.38. The maximum absolute atomic E-state index is 12.9. The van der Waals surface area contributed by atoms with Gasteiger partial charge in [-0.25, -0.2) is 4.79 Å². The third-order valence-corrected chi connectivity index (χ3v) is 7.05. The zero-order chi connectivity index (χ0) is 24.9. The minimum Gasteiger partial charge on any atom is -0.390 e. The van der Waals surface area contributed by atoms with Gasteiger partial charge < -0.3 is 25.4 Å². The first-order valence-electron chi connectivity index (χ1n) is 12.3. The van der Waals surface area contributed by atoms with Crippen LogP contribution in [0.2, 0.25) is 0 Å². The van der Waals surface area contributed by atoms with E-state index in [0.29, 0.717) is 12.5 Å². The molecule has 1 aliphatic rings. The van der Waals surface area contributed by atoms with Crippen molar-refractivity contribution in [3.63, 3.8) is 0 Å². The highest BCUT2D eigenvalue weighted by molar-refractivity contribution is 6.02. The normalized spacial score (nSPS) is 20.5. The van der Waals surface area contributed by atoms with Crippen molar-refractivity contribution in [2.45, 2.75) is 83.8 Å². The molecule has 0 aliphatic heterocycles. The van der Waals surface area contributed by atoms with Crippen LogP contribution in [0.15, 0.2) is 42.5 Å². The number of rotatable bonds is 8. The van der Waals surface area contributed by atoms with Gasteiger partial charge in [0.25, 0.3) is 0 Å². The molecule has 2 aromatic rings. The smallest absolute Gasteiger partial charge is 0.323 e. The number of benzene rings is 2. The number of aliphatic hydroxyl groups is 1. The lowest BCUT2D eigenvalue weighted by Gasteiger charge is -2.41. The minimum absolute atomic E-state index is 0.291. The van der Waals surface area contributed by atoms with Crippen LogP contribution in [0, 0.1) is 6.92 Å². The van der Waals surface area contributed by atoms with E-state index < -0.39 is 5.60 Å². The van der Waals surface area contributed by atoms with Crippen molar-refractivity contribution in [2.75, 3.05) is 22.1 Å². The van der Waals surface area contributed by atoms with Gasteiger partial charge >= 0.3 is 6.03 Å². The number of carbonyl (C=O) groups excluding carboxylic acids is 2. The number of nitrogens with one attached hydrogen (secondary N) is 2. The molecule has 0 saturated heterocycles. The fourth-order valence-electron chi connectivity index (χ4n) is 4.72. The van der Waals surface area contributed by atoms with Crippen LogP contribution in [0.3, 0.4) is 0 Å². The van der Waals surface area contributed by atoms with Crippen LogP contribution in [0.25, 0.3) is 0 Å². The van der Waals surface area contributed by atoms with Gasteiger partial charge in [-0.3, -0.25) is 0 Å². The second-order valence-electron chi connectivity index (χ2n) is 10.4. The van der Waals surface area contributed by atoms with Crippen LogP contribution in [-0.2, 0) is 10.2 Å². The Morgan fingerprint density at radius 3 is 2.38 bits per heavy atom. The van der Waals surface area contributed by atoms with E-state index in [9.17, 15) is 14.7 Å². The summed E-state index contributed by atoms with van der Waals surface area (Å²) in [5.74, 6) is 0. The summed E-state index contributed by atoms with van der Waals surface area (Å²) < 4.78 is 0. The Labute approximate surface area is 203 Å². The highest BCUT2D eigenvalue weighted by Gasteiger charge is 2.32. The van der Waals surface area contributed by atoms with Crippen molar-refractivity contribution in [3.05, 3.63) is 53.6 Å². The van der Waals surface area contributed by atoms with Gasteiger partial charge in [-0.05, 0) is 81.7 Å². The molecule has 0 atom stereocenters. The molecule has 2 aromatic carbocycles. The maximum Gasteiger partial charge on any atom is 0.323 e. The van der Waals surface area contributed by atoms with Gasteiger partial charge in [0.2, 0.25) is 0 Å². The average Bonchev–Trinajstić information content (AvgIpc) is 2.77. The van der Waals surface area contributed by atoms with Gasteiger partial charge in [0.05, 0.1) is 17.0 Å². The molecule has 34 heavy (non-hydrogen) atoms. The van der Waals surface area contributed by atoms with Crippen molar-refractivity contribution >= 4 is 29.4 Å². The summed E-state index contributed by atoms with van der Waals surface area (Å²) in [6, 6.07) is 13.8. The Bertz CT molecular complexity index is 988. The van der Waals surface area contributed by atoms with E-state index in [0.717, 1.165) is 66.7 Å². The summed E-state index contributed by atoms with van der Waals surface area (Å²) in [5.41, 5.74) is 3.58. The van der Waals surface area contributed by atoms with E-state index in [-0.39, 0.29) is 11.4 Å². The predicted molar refractivity (Wildman–Crippen MR) is 140 cm³/mol. The molecule has 1 fully saturated rings. The van der Waals surface area contributed by atoms with Gasteiger partial charge in [0.1, 0.15) is 6.29 Å². The van der Waals surface area contributed by atoms with Crippen LogP contribution in [0.4, 0.5) is 21.9 Å². The lowest BCUT2D eigenvalue weighted by Crippen LogP contribution is -2.43. The molecule has 1 aliphatic carbocycles. The molecule has 0 unspecified atom stereocenters. The maximum atomic E-state index is 12.9. The van der Waals surface area contributed by atoms with Gasteiger partial charge in [0.15, 0.2) is 0 Å². The van der Waals surface area contributed by atoms with Crippen molar-refractivity contribution in [2.24, 2.45) is 0 Å². The summed E-state index contributed by atoms with van der Waals surface area (Å²) >= 11 is 0. The van der Waals surface area contributed by atoms with Crippen LogP contribution in [0.5, 0.6) is 0 Å². The molecule has 184 valence electrons. The van der Waals surface area contributed by atoms with Gasteiger partial charge in [-0.15, -0.1) is 0 Å². The van der Waals surface area contributed by atoms with E-state index in [2.05, 4.69) is 34.6 Å². The average molecular weight is 466 g/mol. The molecule has 0 aromatic heterocycles. The second kappa shape index (κ2) is 10.6. The number of urea groups is 1. The van der Waals surface area contributed by atoms with Gasteiger partial charge in [-0.2, -0.15) is 0 Å². The van der Waals surface area contributed by atoms with Crippen LogP contribution >= 0.6 is 0 Å². The number of amides is 2. The molecule has 1 saturated carbocycles. The van der Waals surface area contributed by atoms with E-state index in [1.54, 1.807) is 0 Å². The molecule has 6 nitrogen and oxygen atoms in total. The number of anilines is 3. The molecule has 3 N–H and O–H groups in total. The first kappa shape index (κ1) is 25.8. The molecular weight excluding hydrogens is 426 g/mol. The predicted octanol–water partition coefficient (Wildman–Crippen LogP) is 6.03. The van der Waals surface area contributed by atoms with E-state index in [4.69, 9.17) is 0 Å². The number of aryl methyl sites for hydroxylation is 1. The first-order chi connectivity index (χ1) is 16.0. The summed E-state index contributed by atoms with van der Waals surface area (Å²) in [6.07, 6.45) is 4.65. The third-order valence-electron chi connectivity index (χ3n) is 7.05. The van der Waals surface area contributed by atoms with Crippen molar-refractivity contribution in [1.29, 1.82) is 0 Å². The molecule has 6 heteroatoms. The lowest BCUT2D eigenvalue weighted by atomic mass is 9.81. The quantitative estimate of drug-likeness (QED) is 0.416. The van der Waals surface area contributed by atoms with Gasteiger partial charge in [0, 0.05) is 24.7 Å². The molecule has 0 radical (unpaired) electrons. The van der Waals surface area contributed by atoms with Crippen LogP contribution in [0.1, 0.15) is 70.9 Å². The SMILES string of the molecule is CCN(c1ccc(C(C)(C)CC=O)cc1NC(=O)Nc1ccc(C)cc1)C1CCC(C)(O)CC1. The summed E-state index contributed by atoms with van der Waals surface area (Å²) in [6.45, 7) is 10.9. The van der Waals surface area contributed by atoms with Crippen molar-refractivity contribution in [1.82, 2.24) is 0 Å². The molecule has 3 rings (SSSR count). The summed E-state index contributed by atoms with van der Waals surface area (Å²) in [7, 11) is 0. The lowest BCUT2D eigenvalue weighted by molar-refractivity contribution is -0.108. The largest absolute Gasteiger partial charge is 0.390 e. The Morgan fingerprint density at radius 2 is 1.79 bits per heavy atom. The highest BCUT2D eigenvalue weighted by Crippen LogP contribution is 2.38. The number of hydrogen-bond acceptors (Lipinski definition) is 4. The number of nitrogens with zero attached hydrogens (tertiary/aromatic N) is 1. The fraction of sp³-hybridized carbons (Fsp3) is 0.500. The molecule has 0 spiro atoms. The number of carbonyl (C=O) groups is 2. The molecular formula is C28H39N3O3. The monoisotopic (exact) mass is 465 g/mol. The Morgan fingerprint density at radius 1 is 1.15 bits per heavy atom. The van der Waals surface area contributed by atoms with Crippen LogP contribution in [-0.4, -0.2) is 35.6 Å². The van der Waals surface area contributed by atoms with Crippen LogP contribution < -0.4 is 15.5 Å². The minimum atomic E-state index is -0.604.